The lowest BCUT2D eigenvalue weighted by atomic mass is 9.75. The molecule has 4 heteroatoms. The lowest BCUT2D eigenvalue weighted by Gasteiger charge is -2.44. The van der Waals surface area contributed by atoms with Crippen LogP contribution in [0, 0.1) is 17.8 Å². The second kappa shape index (κ2) is 7.48. The first-order valence-corrected chi connectivity index (χ1v) is 11.8. The molecule has 1 fully saturated rings. The van der Waals surface area contributed by atoms with Crippen LogP contribution >= 0.6 is 0 Å². The fourth-order valence-corrected chi connectivity index (χ4v) is 4.70. The van der Waals surface area contributed by atoms with Crippen molar-refractivity contribution in [3.63, 3.8) is 0 Å². The Balaban J connectivity index is 3.01. The Morgan fingerprint density at radius 2 is 1.64 bits per heavy atom. The van der Waals surface area contributed by atoms with Crippen molar-refractivity contribution >= 4 is 14.3 Å². The molecule has 1 rings (SSSR count). The van der Waals surface area contributed by atoms with Crippen LogP contribution in [0.2, 0.25) is 18.1 Å². The average molecular weight is 329 g/mol. The highest BCUT2D eigenvalue weighted by molar-refractivity contribution is 6.74. The predicted octanol–water partition coefficient (Wildman–Crippen LogP) is 5.31. The van der Waals surface area contributed by atoms with Crippen LogP contribution in [0.4, 0.5) is 0 Å². The van der Waals surface area contributed by atoms with E-state index in [-0.39, 0.29) is 28.9 Å². The van der Waals surface area contributed by atoms with Gasteiger partial charge in [0.1, 0.15) is 0 Å². The number of carboxylic acids is 1. The topological polar surface area (TPSA) is 46.5 Å². The van der Waals surface area contributed by atoms with Gasteiger partial charge in [0.05, 0.1) is 12.0 Å². The molecule has 0 aromatic rings. The van der Waals surface area contributed by atoms with E-state index in [9.17, 15) is 9.90 Å². The summed E-state index contributed by atoms with van der Waals surface area (Å²) in [5, 5.41) is 9.99. The minimum Gasteiger partial charge on any atom is -0.481 e. The molecule has 0 heterocycles. The summed E-state index contributed by atoms with van der Waals surface area (Å²) in [7, 11) is -1.97. The zero-order valence-electron chi connectivity index (χ0n) is 15.6. The molecule has 0 aromatic carbocycles. The highest BCUT2D eigenvalue weighted by atomic mass is 28.4. The van der Waals surface area contributed by atoms with Gasteiger partial charge in [-0.05, 0) is 42.8 Å². The maximum Gasteiger partial charge on any atom is 0.309 e. The summed E-state index contributed by atoms with van der Waals surface area (Å²) in [4.78, 5) is 12.0. The highest BCUT2D eigenvalue weighted by Crippen LogP contribution is 2.42. The SMILES string of the molecule is CC(C)C(O[Si](C)(C)C(C)(C)C)C(C(=O)O)C1CCCCC1. The van der Waals surface area contributed by atoms with Crippen LogP contribution in [0.15, 0.2) is 0 Å². The number of aliphatic carboxylic acids is 1. The van der Waals surface area contributed by atoms with E-state index in [1.54, 1.807) is 0 Å². The summed E-state index contributed by atoms with van der Waals surface area (Å²) in [6.07, 6.45) is 5.50. The summed E-state index contributed by atoms with van der Waals surface area (Å²) in [5.74, 6) is -0.501. The van der Waals surface area contributed by atoms with Gasteiger partial charge >= 0.3 is 5.97 Å². The average Bonchev–Trinajstić information content (AvgIpc) is 2.37. The van der Waals surface area contributed by atoms with E-state index in [0.29, 0.717) is 0 Å². The van der Waals surface area contributed by atoms with Crippen molar-refractivity contribution in [2.24, 2.45) is 17.8 Å². The van der Waals surface area contributed by atoms with E-state index in [0.717, 1.165) is 12.8 Å². The first-order chi connectivity index (χ1) is 9.97. The smallest absolute Gasteiger partial charge is 0.309 e. The zero-order chi connectivity index (χ0) is 17.1. The Bertz CT molecular complexity index is 365. The summed E-state index contributed by atoms with van der Waals surface area (Å²) in [5.41, 5.74) is 0. The van der Waals surface area contributed by atoms with Gasteiger partial charge in [0, 0.05) is 0 Å². The van der Waals surface area contributed by atoms with E-state index >= 15 is 0 Å². The van der Waals surface area contributed by atoms with Crippen LogP contribution in [0.3, 0.4) is 0 Å². The van der Waals surface area contributed by atoms with Gasteiger partial charge in [-0.2, -0.15) is 0 Å². The number of rotatable bonds is 6. The van der Waals surface area contributed by atoms with Crippen molar-refractivity contribution in [2.75, 3.05) is 0 Å². The van der Waals surface area contributed by atoms with Crippen LogP contribution in [-0.4, -0.2) is 25.5 Å². The highest BCUT2D eigenvalue weighted by Gasteiger charge is 2.45. The molecule has 0 aromatic heterocycles. The molecule has 1 aliphatic carbocycles. The summed E-state index contributed by atoms with van der Waals surface area (Å²) < 4.78 is 6.60. The summed E-state index contributed by atoms with van der Waals surface area (Å²) in [6.45, 7) is 15.3. The van der Waals surface area contributed by atoms with Crippen LogP contribution in [-0.2, 0) is 9.22 Å². The van der Waals surface area contributed by atoms with Gasteiger partial charge in [-0.1, -0.05) is 53.9 Å². The van der Waals surface area contributed by atoms with Gasteiger partial charge in [0.15, 0.2) is 8.32 Å². The minimum absolute atomic E-state index is 0.107. The summed E-state index contributed by atoms with van der Waals surface area (Å²) >= 11 is 0. The van der Waals surface area contributed by atoms with Crippen LogP contribution in [0.5, 0.6) is 0 Å². The molecule has 2 atom stereocenters. The molecule has 22 heavy (non-hydrogen) atoms. The minimum atomic E-state index is -1.97. The van der Waals surface area contributed by atoms with Crippen molar-refractivity contribution < 1.29 is 14.3 Å². The molecule has 130 valence electrons. The first-order valence-electron chi connectivity index (χ1n) is 8.88. The maximum absolute atomic E-state index is 12.0. The van der Waals surface area contributed by atoms with E-state index < -0.39 is 14.3 Å². The third-order valence-corrected chi connectivity index (χ3v) is 10.2. The van der Waals surface area contributed by atoms with Gasteiger partial charge < -0.3 is 9.53 Å². The molecule has 0 bridgehead atoms. The van der Waals surface area contributed by atoms with E-state index in [1.807, 2.05) is 0 Å². The standard InChI is InChI=1S/C18H36O3Si/c1-13(2)16(21-22(6,7)18(3,4)5)15(17(19)20)14-11-9-8-10-12-14/h13-16H,8-12H2,1-7H3,(H,19,20). The maximum atomic E-state index is 12.0. The van der Waals surface area contributed by atoms with E-state index in [4.69, 9.17) is 4.43 Å². The Morgan fingerprint density at radius 3 is 2.00 bits per heavy atom. The zero-order valence-corrected chi connectivity index (χ0v) is 16.6. The number of carbonyl (C=O) groups is 1. The second-order valence-corrected chi connectivity index (χ2v) is 13.6. The second-order valence-electron chi connectivity index (χ2n) is 8.85. The normalized spacial score (nSPS) is 20.9. The van der Waals surface area contributed by atoms with Gasteiger partial charge in [-0.3, -0.25) is 4.79 Å². The van der Waals surface area contributed by atoms with Crippen molar-refractivity contribution in [1.29, 1.82) is 0 Å². The monoisotopic (exact) mass is 328 g/mol. The molecule has 1 saturated carbocycles. The molecular formula is C18H36O3Si. The van der Waals surface area contributed by atoms with E-state index in [2.05, 4.69) is 47.7 Å². The van der Waals surface area contributed by atoms with Crippen LogP contribution in [0.25, 0.3) is 0 Å². The molecule has 2 unspecified atom stereocenters. The van der Waals surface area contributed by atoms with Crippen LogP contribution < -0.4 is 0 Å². The van der Waals surface area contributed by atoms with E-state index in [1.165, 1.54) is 19.3 Å². The van der Waals surface area contributed by atoms with Crippen molar-refractivity contribution in [2.45, 2.75) is 91.0 Å². The Labute approximate surface area is 138 Å². The quantitative estimate of drug-likeness (QED) is 0.672. The predicted molar refractivity (Wildman–Crippen MR) is 94.6 cm³/mol. The lowest BCUT2D eigenvalue weighted by molar-refractivity contribution is -0.150. The Kier molecular flexibility index (Phi) is 6.69. The van der Waals surface area contributed by atoms with Gasteiger partial charge in [-0.15, -0.1) is 0 Å². The Hall–Kier alpha value is -0.353. The number of hydrogen-bond acceptors (Lipinski definition) is 2. The molecule has 0 aliphatic heterocycles. The van der Waals surface area contributed by atoms with Crippen molar-refractivity contribution in [1.82, 2.24) is 0 Å². The largest absolute Gasteiger partial charge is 0.481 e. The molecule has 0 saturated heterocycles. The van der Waals surface area contributed by atoms with Crippen LogP contribution in [0.1, 0.15) is 66.7 Å². The molecule has 0 radical (unpaired) electrons. The third kappa shape index (κ3) is 4.82. The van der Waals surface area contributed by atoms with Gasteiger partial charge in [0.25, 0.3) is 0 Å². The summed E-state index contributed by atoms with van der Waals surface area (Å²) in [6, 6.07) is 0. The first kappa shape index (κ1) is 19.7. The Morgan fingerprint density at radius 1 is 1.14 bits per heavy atom. The molecule has 0 spiro atoms. The van der Waals surface area contributed by atoms with Crippen molar-refractivity contribution in [3.8, 4) is 0 Å². The lowest BCUT2D eigenvalue weighted by Crippen LogP contribution is -2.50. The number of carboxylic acid groups (broad SMARTS) is 1. The number of hydrogen-bond donors (Lipinski definition) is 1. The molecule has 1 aliphatic rings. The molecular weight excluding hydrogens is 292 g/mol. The fraction of sp³-hybridized carbons (Fsp3) is 0.944. The van der Waals surface area contributed by atoms with Gasteiger partial charge in [-0.25, -0.2) is 0 Å². The molecule has 3 nitrogen and oxygen atoms in total. The fourth-order valence-electron chi connectivity index (χ4n) is 3.24. The third-order valence-electron chi connectivity index (χ3n) is 5.69. The molecule has 0 amide bonds. The van der Waals surface area contributed by atoms with Crippen molar-refractivity contribution in [3.05, 3.63) is 0 Å². The molecule has 1 N–H and O–H groups in total. The van der Waals surface area contributed by atoms with Gasteiger partial charge in [0.2, 0.25) is 0 Å².